The number of nitrogens with two attached hydrogens (primary N) is 1. The fourth-order valence-corrected chi connectivity index (χ4v) is 3.04. The van der Waals surface area contributed by atoms with Crippen LogP contribution in [0.15, 0.2) is 4.99 Å². The minimum Gasteiger partial charge on any atom is -0.365 e. The first-order valence-corrected chi connectivity index (χ1v) is 10.9. The summed E-state index contributed by atoms with van der Waals surface area (Å²) >= 11 is 0. The number of rotatable bonds is 19. The number of nitrogens with zero attached hydrogens (tertiary/aromatic N) is 2. The predicted molar refractivity (Wildman–Crippen MR) is 115 cm³/mol. The van der Waals surface area contributed by atoms with E-state index in [0.29, 0.717) is 25.5 Å². The molecule has 0 saturated heterocycles. The molecule has 1 atom stereocenters. The van der Waals surface area contributed by atoms with Crippen molar-refractivity contribution in [2.24, 2.45) is 10.7 Å². The summed E-state index contributed by atoms with van der Waals surface area (Å²) in [5, 5.41) is 12.1. The van der Waals surface area contributed by atoms with Crippen molar-refractivity contribution in [1.82, 2.24) is 10.7 Å². The van der Waals surface area contributed by atoms with Gasteiger partial charge in [-0.15, -0.1) is 0 Å². The van der Waals surface area contributed by atoms with Gasteiger partial charge in [0.15, 0.2) is 5.03 Å². The highest BCUT2D eigenvalue weighted by molar-refractivity contribution is 5.79. The van der Waals surface area contributed by atoms with Crippen molar-refractivity contribution < 1.29 is 14.6 Å². The summed E-state index contributed by atoms with van der Waals surface area (Å²) in [6.07, 6.45) is 15.5. The van der Waals surface area contributed by atoms with E-state index >= 15 is 0 Å². The van der Waals surface area contributed by atoms with Gasteiger partial charge in [0.1, 0.15) is 6.29 Å². The zero-order chi connectivity index (χ0) is 21.7. The minimum atomic E-state index is -0.790. The Balaban J connectivity index is 3.65. The SMILES string of the molecule is CCCCCCCCCCCCCC(=O)NC(C=O)CCCN=C(N)N[N+](=O)[O-]. The van der Waals surface area contributed by atoms with Crippen LogP contribution in [0.3, 0.4) is 0 Å². The number of unbranched alkanes of at least 4 members (excludes halogenated alkanes) is 10. The monoisotopic (exact) mass is 413 g/mol. The van der Waals surface area contributed by atoms with Crippen molar-refractivity contribution in [3.05, 3.63) is 10.1 Å². The van der Waals surface area contributed by atoms with E-state index in [0.717, 1.165) is 19.3 Å². The summed E-state index contributed by atoms with van der Waals surface area (Å²) < 4.78 is 0. The Morgan fingerprint density at radius 3 is 2.10 bits per heavy atom. The number of nitro groups is 1. The maximum atomic E-state index is 11.9. The largest absolute Gasteiger partial charge is 0.365 e. The van der Waals surface area contributed by atoms with Gasteiger partial charge in [-0.3, -0.25) is 4.79 Å². The third kappa shape index (κ3) is 18.9. The molecule has 168 valence electrons. The average molecular weight is 414 g/mol. The summed E-state index contributed by atoms with van der Waals surface area (Å²) in [5.74, 6) is -0.394. The van der Waals surface area contributed by atoms with Crippen molar-refractivity contribution in [1.29, 1.82) is 0 Å². The van der Waals surface area contributed by atoms with Crippen LogP contribution < -0.4 is 16.5 Å². The van der Waals surface area contributed by atoms with Gasteiger partial charge in [-0.2, -0.15) is 0 Å². The third-order valence-electron chi connectivity index (χ3n) is 4.68. The molecule has 0 heterocycles. The Labute approximate surface area is 174 Å². The molecule has 29 heavy (non-hydrogen) atoms. The lowest BCUT2D eigenvalue weighted by Gasteiger charge is -2.12. The van der Waals surface area contributed by atoms with Gasteiger partial charge in [0.2, 0.25) is 5.91 Å². The zero-order valence-electron chi connectivity index (χ0n) is 17.9. The molecule has 0 aromatic rings. The lowest BCUT2D eigenvalue weighted by Crippen LogP contribution is -2.37. The van der Waals surface area contributed by atoms with Crippen molar-refractivity contribution in [2.45, 2.75) is 103 Å². The highest BCUT2D eigenvalue weighted by Crippen LogP contribution is 2.12. The summed E-state index contributed by atoms with van der Waals surface area (Å²) in [5.41, 5.74) is 7.04. The number of carbonyl (C=O) groups is 2. The maximum absolute atomic E-state index is 11.9. The van der Waals surface area contributed by atoms with E-state index in [1.807, 2.05) is 0 Å². The van der Waals surface area contributed by atoms with E-state index in [4.69, 9.17) is 5.73 Å². The maximum Gasteiger partial charge on any atom is 0.251 e. The molecule has 4 N–H and O–H groups in total. The summed E-state index contributed by atoms with van der Waals surface area (Å²) in [6, 6.07) is -0.560. The average Bonchev–Trinajstić information content (AvgIpc) is 2.67. The fourth-order valence-electron chi connectivity index (χ4n) is 3.04. The Morgan fingerprint density at radius 1 is 1.03 bits per heavy atom. The highest BCUT2D eigenvalue weighted by Gasteiger charge is 2.10. The van der Waals surface area contributed by atoms with Crippen LogP contribution in [0, 0.1) is 10.1 Å². The van der Waals surface area contributed by atoms with Gasteiger partial charge in [-0.1, -0.05) is 76.6 Å². The molecule has 0 bridgehead atoms. The Morgan fingerprint density at radius 2 is 1.59 bits per heavy atom. The Kier molecular flexibility index (Phi) is 17.7. The van der Waals surface area contributed by atoms with Crippen molar-refractivity contribution in [3.8, 4) is 0 Å². The van der Waals surface area contributed by atoms with E-state index < -0.39 is 11.1 Å². The lowest BCUT2D eigenvalue weighted by atomic mass is 10.1. The quantitative estimate of drug-likeness (QED) is 0.0741. The Bertz CT molecular complexity index is 485. The summed E-state index contributed by atoms with van der Waals surface area (Å²) in [6.45, 7) is 2.47. The van der Waals surface area contributed by atoms with Crippen LogP contribution in [-0.4, -0.2) is 35.8 Å². The highest BCUT2D eigenvalue weighted by atomic mass is 16.7. The second kappa shape index (κ2) is 19.1. The number of hydrogen-bond donors (Lipinski definition) is 3. The van der Waals surface area contributed by atoms with E-state index in [1.165, 1.54) is 51.4 Å². The first kappa shape index (κ1) is 26.8. The zero-order valence-corrected chi connectivity index (χ0v) is 17.9. The fraction of sp³-hybridized carbons (Fsp3) is 0.850. The molecule has 0 rings (SSSR count). The van der Waals surface area contributed by atoms with Crippen LogP contribution >= 0.6 is 0 Å². The van der Waals surface area contributed by atoms with Gasteiger partial charge >= 0.3 is 0 Å². The van der Waals surface area contributed by atoms with Gasteiger partial charge in [0, 0.05) is 13.0 Å². The number of nitrogens with one attached hydrogen (secondary N) is 2. The smallest absolute Gasteiger partial charge is 0.251 e. The first-order chi connectivity index (χ1) is 14.0. The third-order valence-corrected chi connectivity index (χ3v) is 4.68. The molecule has 9 heteroatoms. The molecule has 0 aromatic heterocycles. The second-order valence-electron chi connectivity index (χ2n) is 7.37. The topological polar surface area (TPSA) is 140 Å². The van der Waals surface area contributed by atoms with Crippen LogP contribution in [0.2, 0.25) is 0 Å². The first-order valence-electron chi connectivity index (χ1n) is 10.9. The number of guanidine groups is 1. The van der Waals surface area contributed by atoms with Crippen LogP contribution in [0.1, 0.15) is 96.8 Å². The van der Waals surface area contributed by atoms with E-state index in [9.17, 15) is 19.7 Å². The number of carbonyl (C=O) groups excluding carboxylic acids is 2. The normalized spacial score (nSPS) is 12.4. The Hall–Kier alpha value is -2.19. The van der Waals surface area contributed by atoms with E-state index in [-0.39, 0.29) is 18.4 Å². The molecule has 0 radical (unpaired) electrons. The van der Waals surface area contributed by atoms with Gasteiger partial charge < -0.3 is 15.8 Å². The van der Waals surface area contributed by atoms with Crippen molar-refractivity contribution in [2.75, 3.05) is 6.54 Å². The molecule has 0 aromatic carbocycles. The van der Waals surface area contributed by atoms with Gasteiger partial charge in [-0.25, -0.2) is 15.1 Å². The van der Waals surface area contributed by atoms with Crippen LogP contribution in [0.4, 0.5) is 0 Å². The number of amides is 1. The van der Waals surface area contributed by atoms with Crippen LogP contribution in [0.25, 0.3) is 0 Å². The number of hydrazine groups is 1. The van der Waals surface area contributed by atoms with Crippen molar-refractivity contribution >= 4 is 18.2 Å². The molecule has 0 saturated carbocycles. The number of hydrogen-bond acceptors (Lipinski definition) is 5. The molecule has 9 nitrogen and oxygen atoms in total. The molecule has 1 unspecified atom stereocenters. The molecule has 0 aliphatic heterocycles. The van der Waals surface area contributed by atoms with Crippen molar-refractivity contribution in [3.63, 3.8) is 0 Å². The summed E-state index contributed by atoms with van der Waals surface area (Å²) in [4.78, 5) is 37.0. The van der Waals surface area contributed by atoms with Crippen LogP contribution in [-0.2, 0) is 9.59 Å². The molecule has 0 aliphatic carbocycles. The molecular weight excluding hydrogens is 374 g/mol. The second-order valence-corrected chi connectivity index (χ2v) is 7.37. The molecule has 0 fully saturated rings. The van der Waals surface area contributed by atoms with Crippen LogP contribution in [0.5, 0.6) is 0 Å². The summed E-state index contributed by atoms with van der Waals surface area (Å²) in [7, 11) is 0. The van der Waals surface area contributed by atoms with E-state index in [1.54, 1.807) is 5.43 Å². The minimum absolute atomic E-state index is 0.115. The molecule has 0 spiro atoms. The molecule has 0 aliphatic rings. The van der Waals surface area contributed by atoms with Gasteiger partial charge in [-0.05, 0) is 19.3 Å². The van der Waals surface area contributed by atoms with E-state index in [2.05, 4.69) is 17.2 Å². The molecular formula is C20H39N5O4. The van der Waals surface area contributed by atoms with Gasteiger partial charge in [0.25, 0.3) is 5.96 Å². The van der Waals surface area contributed by atoms with Gasteiger partial charge in [0.05, 0.1) is 6.04 Å². The molecule has 1 amide bonds. The lowest BCUT2D eigenvalue weighted by molar-refractivity contribution is -0.525. The number of aliphatic imine (C=N–C) groups is 1. The predicted octanol–water partition coefficient (Wildman–Crippen LogP) is 3.25. The standard InChI is InChI=1S/C20H39N5O4/c1-2-3-4-5-6-7-8-9-10-11-12-15-19(27)23-18(17-26)14-13-16-22-20(21)24-25(28)29/h17-18H,2-16H2,1H3,(H,23,27)(H3,21,22,24). The number of aldehydes is 1.